The molecule has 1 unspecified atom stereocenters. The fraction of sp³-hybridized carbons (Fsp3) is 0.562. The van der Waals surface area contributed by atoms with Gasteiger partial charge in [-0.2, -0.15) is 5.10 Å². The Bertz CT molecular complexity index is 404. The van der Waals surface area contributed by atoms with Crippen LogP contribution >= 0.6 is 0 Å². The molecule has 18 heavy (non-hydrogen) atoms. The first-order valence-electron chi connectivity index (χ1n) is 6.97. The Morgan fingerprint density at radius 1 is 1.17 bits per heavy atom. The minimum Gasteiger partial charge on any atom is -0.265 e. The average Bonchev–Trinajstić information content (AvgIpc) is 2.78. The third kappa shape index (κ3) is 3.12. The van der Waals surface area contributed by atoms with E-state index < -0.39 is 0 Å². The molecule has 2 rings (SSSR count). The largest absolute Gasteiger partial charge is 0.265 e. The van der Waals surface area contributed by atoms with Crippen molar-refractivity contribution in [1.29, 1.82) is 0 Å². The van der Waals surface area contributed by atoms with Crippen LogP contribution in [0.5, 0.6) is 0 Å². The maximum Gasteiger partial charge on any atom is 0.0594 e. The highest BCUT2D eigenvalue weighted by Crippen LogP contribution is 2.24. The van der Waals surface area contributed by atoms with Gasteiger partial charge in [-0.05, 0) is 36.0 Å². The van der Waals surface area contributed by atoms with E-state index in [0.29, 0.717) is 17.8 Å². The van der Waals surface area contributed by atoms with Crippen molar-refractivity contribution in [3.05, 3.63) is 29.8 Å². The van der Waals surface area contributed by atoms with E-state index in [1.54, 1.807) is 0 Å². The Labute approximate surface area is 111 Å². The molecule has 1 aromatic rings. The molecule has 1 heterocycles. The summed E-state index contributed by atoms with van der Waals surface area (Å²) < 4.78 is 0. The van der Waals surface area contributed by atoms with Gasteiger partial charge in [0.05, 0.1) is 5.69 Å². The summed E-state index contributed by atoms with van der Waals surface area (Å²) in [5.74, 6) is 1.96. The van der Waals surface area contributed by atoms with Gasteiger partial charge in [-0.25, -0.2) is 0 Å². The highest BCUT2D eigenvalue weighted by atomic mass is 15.5. The summed E-state index contributed by atoms with van der Waals surface area (Å²) >= 11 is 0. The smallest absolute Gasteiger partial charge is 0.0594 e. The second-order valence-electron chi connectivity index (χ2n) is 6.02. The van der Waals surface area contributed by atoms with Crippen LogP contribution in [0.4, 0.5) is 5.69 Å². The van der Waals surface area contributed by atoms with E-state index in [0.717, 1.165) is 13.0 Å². The molecule has 2 nitrogen and oxygen atoms in total. The van der Waals surface area contributed by atoms with Gasteiger partial charge in [0, 0.05) is 18.7 Å². The van der Waals surface area contributed by atoms with Gasteiger partial charge in [0.1, 0.15) is 0 Å². The summed E-state index contributed by atoms with van der Waals surface area (Å²) in [6.07, 6.45) is 3.24. The van der Waals surface area contributed by atoms with Crippen LogP contribution in [0, 0.1) is 17.8 Å². The normalized spacial score (nSPS) is 19.2. The molecule has 0 spiro atoms. The maximum absolute atomic E-state index is 4.51. The summed E-state index contributed by atoms with van der Waals surface area (Å²) in [6.45, 7) is 10.0. The molecule has 1 aromatic carbocycles. The van der Waals surface area contributed by atoms with Gasteiger partial charge in [0.15, 0.2) is 0 Å². The Balaban J connectivity index is 2.01. The Kier molecular flexibility index (Phi) is 4.05. The lowest BCUT2D eigenvalue weighted by atomic mass is 9.98. The zero-order valence-electron chi connectivity index (χ0n) is 11.9. The molecule has 0 aliphatic carbocycles. The fourth-order valence-corrected chi connectivity index (χ4v) is 2.29. The third-order valence-electron chi connectivity index (χ3n) is 3.52. The van der Waals surface area contributed by atoms with Crippen LogP contribution < -0.4 is 5.01 Å². The van der Waals surface area contributed by atoms with E-state index in [1.807, 2.05) is 0 Å². The Morgan fingerprint density at radius 3 is 2.33 bits per heavy atom. The van der Waals surface area contributed by atoms with E-state index in [2.05, 4.69) is 68.3 Å². The summed E-state index contributed by atoms with van der Waals surface area (Å²) in [7, 11) is 0. The molecular formula is C16H24N2. The van der Waals surface area contributed by atoms with Crippen molar-refractivity contribution in [3.63, 3.8) is 0 Å². The number of benzene rings is 1. The van der Waals surface area contributed by atoms with E-state index >= 15 is 0 Å². The Morgan fingerprint density at radius 2 is 1.83 bits per heavy atom. The number of hydrogen-bond donors (Lipinski definition) is 0. The molecule has 0 N–H and O–H groups in total. The minimum atomic E-state index is 0.584. The molecule has 1 atom stereocenters. The lowest BCUT2D eigenvalue weighted by Crippen LogP contribution is -2.20. The third-order valence-corrected chi connectivity index (χ3v) is 3.52. The average molecular weight is 244 g/mol. The first-order chi connectivity index (χ1) is 8.56. The summed E-state index contributed by atoms with van der Waals surface area (Å²) in [4.78, 5) is 0. The van der Waals surface area contributed by atoms with Crippen LogP contribution in [0.25, 0.3) is 0 Å². The van der Waals surface area contributed by atoms with Crippen molar-refractivity contribution in [1.82, 2.24) is 0 Å². The second kappa shape index (κ2) is 5.55. The highest BCUT2D eigenvalue weighted by Gasteiger charge is 2.21. The monoisotopic (exact) mass is 244 g/mol. The number of hydrogen-bond acceptors (Lipinski definition) is 2. The maximum atomic E-state index is 4.51. The summed E-state index contributed by atoms with van der Waals surface area (Å²) in [5, 5.41) is 6.62. The van der Waals surface area contributed by atoms with E-state index in [9.17, 15) is 0 Å². The summed E-state index contributed by atoms with van der Waals surface area (Å²) in [5.41, 5.74) is 2.62. The number of hydrazone groups is 1. The minimum absolute atomic E-state index is 0.584. The van der Waals surface area contributed by atoms with Gasteiger partial charge in [-0.3, -0.25) is 5.01 Å². The van der Waals surface area contributed by atoms with Gasteiger partial charge < -0.3 is 0 Å². The first kappa shape index (κ1) is 13.1. The van der Waals surface area contributed by atoms with Gasteiger partial charge >= 0.3 is 0 Å². The van der Waals surface area contributed by atoms with Crippen LogP contribution in [0.1, 0.15) is 33.3 Å². The molecule has 0 aromatic heterocycles. The number of rotatable bonds is 4. The molecule has 0 amide bonds. The molecule has 98 valence electrons. The highest BCUT2D eigenvalue weighted by molar-refractivity contribution is 5.68. The quantitative estimate of drug-likeness (QED) is 0.782. The first-order valence-corrected chi connectivity index (χ1v) is 6.97. The molecule has 1 aliphatic heterocycles. The van der Waals surface area contributed by atoms with Gasteiger partial charge in [0.25, 0.3) is 0 Å². The zero-order chi connectivity index (χ0) is 13.1. The van der Waals surface area contributed by atoms with E-state index in [4.69, 9.17) is 0 Å². The standard InChI is InChI=1S/C16H24N2/c1-12(2)9-14-5-7-16(8-6-14)18-11-15(10-17-18)13(3)4/h5-8,10,12-13,15H,9,11H2,1-4H3. The van der Waals surface area contributed by atoms with Crippen molar-refractivity contribution in [3.8, 4) is 0 Å². The molecule has 0 bridgehead atoms. The van der Waals surface area contributed by atoms with Gasteiger partial charge in [-0.1, -0.05) is 39.8 Å². The van der Waals surface area contributed by atoms with Crippen LogP contribution in [0.3, 0.4) is 0 Å². The lowest BCUT2D eigenvalue weighted by molar-refractivity contribution is 0.518. The molecule has 0 fully saturated rings. The molecule has 1 aliphatic rings. The van der Waals surface area contributed by atoms with E-state index in [1.165, 1.54) is 11.3 Å². The number of anilines is 1. The predicted molar refractivity (Wildman–Crippen MR) is 79.2 cm³/mol. The molecule has 0 radical (unpaired) electrons. The van der Waals surface area contributed by atoms with Crippen LogP contribution in [0.15, 0.2) is 29.4 Å². The van der Waals surface area contributed by atoms with Crippen LogP contribution in [-0.2, 0) is 6.42 Å². The van der Waals surface area contributed by atoms with Crippen LogP contribution in [0.2, 0.25) is 0 Å². The molecule has 2 heteroatoms. The van der Waals surface area contributed by atoms with Crippen molar-refractivity contribution < 1.29 is 0 Å². The zero-order valence-corrected chi connectivity index (χ0v) is 11.9. The topological polar surface area (TPSA) is 15.6 Å². The summed E-state index contributed by atoms with van der Waals surface area (Å²) in [6, 6.07) is 8.84. The second-order valence-corrected chi connectivity index (χ2v) is 6.02. The Hall–Kier alpha value is -1.31. The number of nitrogens with zero attached hydrogens (tertiary/aromatic N) is 2. The van der Waals surface area contributed by atoms with Crippen molar-refractivity contribution in [2.45, 2.75) is 34.1 Å². The van der Waals surface area contributed by atoms with Gasteiger partial charge in [-0.15, -0.1) is 0 Å². The molecule has 0 saturated heterocycles. The van der Waals surface area contributed by atoms with Crippen LogP contribution in [-0.4, -0.2) is 12.8 Å². The fourth-order valence-electron chi connectivity index (χ4n) is 2.29. The van der Waals surface area contributed by atoms with Crippen molar-refractivity contribution in [2.75, 3.05) is 11.6 Å². The van der Waals surface area contributed by atoms with E-state index in [-0.39, 0.29) is 0 Å². The molecular weight excluding hydrogens is 220 g/mol. The van der Waals surface area contributed by atoms with Crippen molar-refractivity contribution >= 4 is 11.9 Å². The lowest BCUT2D eigenvalue weighted by Gasteiger charge is -2.18. The predicted octanol–water partition coefficient (Wildman–Crippen LogP) is 3.96. The van der Waals surface area contributed by atoms with Gasteiger partial charge in [0.2, 0.25) is 0 Å². The van der Waals surface area contributed by atoms with Crippen molar-refractivity contribution in [2.24, 2.45) is 22.9 Å². The SMILES string of the molecule is CC(C)Cc1ccc(N2CC(C(C)C)C=N2)cc1. The molecule has 0 saturated carbocycles.